The Hall–Kier alpha value is -3.15. The lowest BCUT2D eigenvalue weighted by Gasteiger charge is -2.33. The molecule has 0 spiro atoms. The zero-order chi connectivity index (χ0) is 22.5. The van der Waals surface area contributed by atoms with E-state index in [1.807, 2.05) is 77.2 Å². The highest BCUT2D eigenvalue weighted by molar-refractivity contribution is 6.39. The van der Waals surface area contributed by atoms with E-state index in [-0.39, 0.29) is 23.8 Å². The van der Waals surface area contributed by atoms with Crippen LogP contribution in [0.25, 0.3) is 0 Å². The lowest BCUT2D eigenvalue weighted by molar-refractivity contribution is -0.138. The van der Waals surface area contributed by atoms with E-state index in [2.05, 4.69) is 12.1 Å². The van der Waals surface area contributed by atoms with Crippen molar-refractivity contribution in [1.82, 2.24) is 9.80 Å². The summed E-state index contributed by atoms with van der Waals surface area (Å²) in [7, 11) is 0. The summed E-state index contributed by atoms with van der Waals surface area (Å²) in [6.45, 7) is 6.72. The van der Waals surface area contributed by atoms with E-state index in [0.29, 0.717) is 25.2 Å². The highest BCUT2D eigenvalue weighted by Gasteiger charge is 2.36. The summed E-state index contributed by atoms with van der Waals surface area (Å²) in [5.41, 5.74) is 2.72. The van der Waals surface area contributed by atoms with Crippen LogP contribution in [0, 0.1) is 5.92 Å². The Morgan fingerprint density at radius 3 is 2.12 bits per heavy atom. The molecule has 1 atom stereocenters. The number of hydrogen-bond donors (Lipinski definition) is 0. The van der Waals surface area contributed by atoms with Gasteiger partial charge in [-0.2, -0.15) is 5.10 Å². The second-order valence-electron chi connectivity index (χ2n) is 8.43. The largest absolute Gasteiger partial charge is 0.343 e. The lowest BCUT2D eigenvalue weighted by atomic mass is 9.94. The number of hydrazone groups is 1. The van der Waals surface area contributed by atoms with Gasteiger partial charge >= 0.3 is 0 Å². The van der Waals surface area contributed by atoms with E-state index in [1.165, 1.54) is 0 Å². The SMILES string of the molecule is CCN(CC)C(=O)C1CCN(C(=O)C2=NN(c3ccccc3)C(c3ccccc3)C2)CC1. The van der Waals surface area contributed by atoms with Gasteiger partial charge in [-0.1, -0.05) is 48.5 Å². The van der Waals surface area contributed by atoms with Crippen molar-refractivity contribution in [2.75, 3.05) is 31.2 Å². The van der Waals surface area contributed by atoms with Gasteiger partial charge < -0.3 is 9.80 Å². The maximum atomic E-state index is 13.3. The van der Waals surface area contributed by atoms with Crippen molar-refractivity contribution in [3.05, 3.63) is 66.2 Å². The summed E-state index contributed by atoms with van der Waals surface area (Å²) in [4.78, 5) is 29.8. The number of nitrogens with zero attached hydrogens (tertiary/aromatic N) is 4. The fourth-order valence-corrected chi connectivity index (χ4v) is 4.70. The molecule has 0 N–H and O–H groups in total. The van der Waals surface area contributed by atoms with Crippen molar-refractivity contribution in [3.63, 3.8) is 0 Å². The predicted molar refractivity (Wildman–Crippen MR) is 127 cm³/mol. The van der Waals surface area contributed by atoms with Gasteiger partial charge in [-0.25, -0.2) is 0 Å². The second-order valence-corrected chi connectivity index (χ2v) is 8.43. The van der Waals surface area contributed by atoms with E-state index in [0.717, 1.165) is 37.2 Å². The third kappa shape index (κ3) is 4.54. The summed E-state index contributed by atoms with van der Waals surface area (Å²) in [5.74, 6) is 0.236. The molecule has 168 valence electrons. The van der Waals surface area contributed by atoms with Crippen LogP contribution in [0.15, 0.2) is 65.8 Å². The number of piperidine rings is 1. The molecule has 4 rings (SSSR count). The van der Waals surface area contributed by atoms with Gasteiger partial charge in [-0.3, -0.25) is 14.6 Å². The van der Waals surface area contributed by atoms with Gasteiger partial charge in [0.25, 0.3) is 5.91 Å². The van der Waals surface area contributed by atoms with E-state index < -0.39 is 0 Å². The second kappa shape index (κ2) is 9.98. The van der Waals surface area contributed by atoms with Gasteiger partial charge in [0.2, 0.25) is 5.91 Å². The molecule has 2 heterocycles. The first kappa shape index (κ1) is 22.1. The van der Waals surface area contributed by atoms with E-state index in [1.54, 1.807) is 0 Å². The summed E-state index contributed by atoms with van der Waals surface area (Å²) >= 11 is 0. The van der Waals surface area contributed by atoms with Crippen LogP contribution in [0.1, 0.15) is 44.7 Å². The molecule has 6 nitrogen and oxygen atoms in total. The highest BCUT2D eigenvalue weighted by atomic mass is 16.2. The molecular weight excluding hydrogens is 400 g/mol. The van der Waals surface area contributed by atoms with Crippen molar-refractivity contribution >= 4 is 23.2 Å². The molecule has 2 aromatic carbocycles. The average Bonchev–Trinajstić information content (AvgIpc) is 3.31. The van der Waals surface area contributed by atoms with Crippen LogP contribution < -0.4 is 5.01 Å². The topological polar surface area (TPSA) is 56.2 Å². The Balaban J connectivity index is 1.47. The monoisotopic (exact) mass is 432 g/mol. The molecule has 2 aliphatic rings. The minimum Gasteiger partial charge on any atom is -0.343 e. The van der Waals surface area contributed by atoms with Crippen molar-refractivity contribution in [3.8, 4) is 0 Å². The van der Waals surface area contributed by atoms with Gasteiger partial charge in [-0.15, -0.1) is 0 Å². The van der Waals surface area contributed by atoms with Crippen LogP contribution in [0.3, 0.4) is 0 Å². The van der Waals surface area contributed by atoms with Crippen LogP contribution in [-0.4, -0.2) is 53.5 Å². The van der Waals surface area contributed by atoms with Crippen LogP contribution in [0.5, 0.6) is 0 Å². The number of amides is 2. The fraction of sp³-hybridized carbons (Fsp3) is 0.423. The molecule has 0 aliphatic carbocycles. The predicted octanol–water partition coefficient (Wildman–Crippen LogP) is 4.10. The van der Waals surface area contributed by atoms with Gasteiger partial charge in [0.05, 0.1) is 11.7 Å². The number of carbonyl (C=O) groups excluding carboxylic acids is 2. The first-order valence-electron chi connectivity index (χ1n) is 11.7. The number of rotatable bonds is 6. The van der Waals surface area contributed by atoms with Crippen LogP contribution in [0.4, 0.5) is 5.69 Å². The molecule has 0 saturated carbocycles. The standard InChI is InChI=1S/C26H32N4O2/c1-3-28(4-2)25(31)21-15-17-29(18-16-21)26(32)23-19-24(20-11-7-5-8-12-20)30(27-23)22-13-9-6-10-14-22/h5-14,21,24H,3-4,15-19H2,1-2H3. The van der Waals surface area contributed by atoms with Gasteiger partial charge in [0.1, 0.15) is 5.71 Å². The molecular formula is C26H32N4O2. The molecule has 0 aromatic heterocycles. The molecule has 1 saturated heterocycles. The van der Waals surface area contributed by atoms with E-state index >= 15 is 0 Å². The first-order chi connectivity index (χ1) is 15.6. The summed E-state index contributed by atoms with van der Waals surface area (Å²) in [5, 5.41) is 6.76. The molecule has 6 heteroatoms. The van der Waals surface area contributed by atoms with Gasteiger partial charge in [-0.05, 0) is 44.4 Å². The van der Waals surface area contributed by atoms with Crippen molar-refractivity contribution < 1.29 is 9.59 Å². The number of anilines is 1. The Bertz CT molecular complexity index is 948. The Kier molecular flexibility index (Phi) is 6.88. The quantitative estimate of drug-likeness (QED) is 0.691. The maximum Gasteiger partial charge on any atom is 0.270 e. The number of benzene rings is 2. The minimum atomic E-state index is -0.00176. The van der Waals surface area contributed by atoms with Gasteiger partial charge in [0.15, 0.2) is 0 Å². The number of likely N-dealkylation sites (tertiary alicyclic amines) is 1. The number of carbonyl (C=O) groups is 2. The molecule has 2 aromatic rings. The maximum absolute atomic E-state index is 13.3. The molecule has 1 unspecified atom stereocenters. The lowest BCUT2D eigenvalue weighted by Crippen LogP contribution is -2.46. The minimum absolute atomic E-state index is 0.000617. The Morgan fingerprint density at radius 1 is 0.938 bits per heavy atom. The van der Waals surface area contributed by atoms with E-state index in [9.17, 15) is 9.59 Å². The van der Waals surface area contributed by atoms with E-state index in [4.69, 9.17) is 5.10 Å². The summed E-state index contributed by atoms with van der Waals surface area (Å²) < 4.78 is 0. The first-order valence-corrected chi connectivity index (χ1v) is 11.7. The Labute approximate surface area is 190 Å². The number of para-hydroxylation sites is 1. The molecule has 32 heavy (non-hydrogen) atoms. The molecule has 2 amide bonds. The van der Waals surface area contributed by atoms with Crippen LogP contribution in [-0.2, 0) is 9.59 Å². The van der Waals surface area contributed by atoms with Gasteiger partial charge in [0, 0.05) is 38.5 Å². The highest BCUT2D eigenvalue weighted by Crippen LogP contribution is 2.35. The average molecular weight is 433 g/mol. The number of hydrogen-bond acceptors (Lipinski definition) is 4. The summed E-state index contributed by atoms with van der Waals surface area (Å²) in [6, 6.07) is 20.2. The zero-order valence-corrected chi connectivity index (χ0v) is 19.0. The zero-order valence-electron chi connectivity index (χ0n) is 19.0. The van der Waals surface area contributed by atoms with Crippen LogP contribution in [0.2, 0.25) is 0 Å². The fourth-order valence-electron chi connectivity index (χ4n) is 4.70. The molecule has 2 aliphatic heterocycles. The van der Waals surface area contributed by atoms with Crippen LogP contribution >= 0.6 is 0 Å². The van der Waals surface area contributed by atoms with Crippen molar-refractivity contribution in [2.24, 2.45) is 11.0 Å². The smallest absolute Gasteiger partial charge is 0.270 e. The van der Waals surface area contributed by atoms with Crippen molar-refractivity contribution in [2.45, 2.75) is 39.2 Å². The normalized spacial score (nSPS) is 19.1. The summed E-state index contributed by atoms with van der Waals surface area (Å²) in [6.07, 6.45) is 2.02. The molecule has 0 radical (unpaired) electrons. The molecule has 0 bridgehead atoms. The van der Waals surface area contributed by atoms with Crippen molar-refractivity contribution in [1.29, 1.82) is 0 Å². The molecule has 1 fully saturated rings. The third-order valence-corrected chi connectivity index (χ3v) is 6.57. The Morgan fingerprint density at radius 2 is 1.53 bits per heavy atom. The third-order valence-electron chi connectivity index (χ3n) is 6.57.